The van der Waals surface area contributed by atoms with Gasteiger partial charge in [-0.3, -0.25) is 14.4 Å². The fourth-order valence-corrected chi connectivity index (χ4v) is 1.27. The average Bonchev–Trinajstić information content (AvgIpc) is 2.42. The minimum Gasteiger partial charge on any atom is -0.480 e. The summed E-state index contributed by atoms with van der Waals surface area (Å²) >= 11 is 0. The maximum absolute atomic E-state index is 11.7. The number of amides is 2. The molecule has 100 valence electrons. The van der Waals surface area contributed by atoms with E-state index in [0.29, 0.717) is 5.56 Å². The van der Waals surface area contributed by atoms with E-state index < -0.39 is 24.3 Å². The zero-order chi connectivity index (χ0) is 14.3. The molecule has 0 spiro atoms. The van der Waals surface area contributed by atoms with Crippen molar-refractivity contribution in [2.24, 2.45) is 0 Å². The van der Waals surface area contributed by atoms with Crippen molar-refractivity contribution in [3.05, 3.63) is 42.0 Å². The maximum Gasteiger partial charge on any atom is 0.322 e. The Morgan fingerprint density at radius 1 is 1.11 bits per heavy atom. The van der Waals surface area contributed by atoms with E-state index in [1.165, 1.54) is 0 Å². The van der Waals surface area contributed by atoms with Gasteiger partial charge in [0.25, 0.3) is 5.91 Å². The summed E-state index contributed by atoms with van der Waals surface area (Å²) in [5.74, 6) is -2.10. The van der Waals surface area contributed by atoms with E-state index >= 15 is 0 Å². The minimum atomic E-state index is -1.14. The molecule has 1 rings (SSSR count). The number of hydrogen-bond acceptors (Lipinski definition) is 3. The second-order valence-corrected chi connectivity index (χ2v) is 3.68. The van der Waals surface area contributed by atoms with Gasteiger partial charge in [0.1, 0.15) is 6.54 Å². The first-order valence-electron chi connectivity index (χ1n) is 5.52. The second-order valence-electron chi connectivity index (χ2n) is 3.68. The van der Waals surface area contributed by atoms with Crippen LogP contribution in [0, 0.1) is 0 Å². The molecule has 0 saturated carbocycles. The lowest BCUT2D eigenvalue weighted by Crippen LogP contribution is -2.39. The van der Waals surface area contributed by atoms with Gasteiger partial charge < -0.3 is 15.7 Å². The third kappa shape index (κ3) is 5.03. The summed E-state index contributed by atoms with van der Waals surface area (Å²) in [4.78, 5) is 33.0. The van der Waals surface area contributed by atoms with E-state index in [0.717, 1.165) is 5.56 Å². The van der Waals surface area contributed by atoms with Gasteiger partial charge in [0.05, 0.1) is 6.54 Å². The zero-order valence-electron chi connectivity index (χ0n) is 10.2. The van der Waals surface area contributed by atoms with Crippen LogP contribution in [0.4, 0.5) is 0 Å². The monoisotopic (exact) mass is 262 g/mol. The van der Waals surface area contributed by atoms with Crippen molar-refractivity contribution in [3.63, 3.8) is 0 Å². The summed E-state index contributed by atoms with van der Waals surface area (Å²) in [6, 6.07) is 6.68. The first-order valence-corrected chi connectivity index (χ1v) is 5.52. The topological polar surface area (TPSA) is 95.5 Å². The van der Waals surface area contributed by atoms with Gasteiger partial charge in [0.2, 0.25) is 5.91 Å². The molecule has 2 amide bonds. The number of benzene rings is 1. The predicted molar refractivity (Wildman–Crippen MR) is 69.5 cm³/mol. The van der Waals surface area contributed by atoms with Crippen molar-refractivity contribution < 1.29 is 19.5 Å². The molecular formula is C13H14N2O4. The van der Waals surface area contributed by atoms with Crippen LogP contribution in [0.25, 0.3) is 6.08 Å². The third-order valence-corrected chi connectivity index (χ3v) is 2.25. The molecule has 0 fully saturated rings. The Hall–Kier alpha value is -2.63. The van der Waals surface area contributed by atoms with E-state index in [1.807, 2.05) is 0 Å². The van der Waals surface area contributed by atoms with Gasteiger partial charge in [-0.15, -0.1) is 0 Å². The summed E-state index contributed by atoms with van der Waals surface area (Å²) in [5.41, 5.74) is 1.30. The van der Waals surface area contributed by atoms with E-state index in [9.17, 15) is 14.4 Å². The molecular weight excluding hydrogens is 248 g/mol. The number of carboxylic acids is 1. The quantitative estimate of drug-likeness (QED) is 0.685. The summed E-state index contributed by atoms with van der Waals surface area (Å²) in [6.07, 6.45) is 1.65. The van der Waals surface area contributed by atoms with Gasteiger partial charge in [-0.05, 0) is 17.7 Å². The Labute approximate surface area is 110 Å². The molecule has 0 aliphatic rings. The Morgan fingerprint density at radius 2 is 1.74 bits per heavy atom. The number of rotatable bonds is 6. The van der Waals surface area contributed by atoms with E-state index in [1.54, 1.807) is 30.3 Å². The third-order valence-electron chi connectivity index (χ3n) is 2.25. The Morgan fingerprint density at radius 3 is 2.26 bits per heavy atom. The Balaban J connectivity index is 2.44. The molecule has 1 aromatic carbocycles. The lowest BCUT2D eigenvalue weighted by atomic mass is 10.1. The SMILES string of the molecule is C=Cc1ccc(C(=O)NCC(=O)NCC(=O)O)cc1. The van der Waals surface area contributed by atoms with Crippen molar-refractivity contribution in [1.29, 1.82) is 0 Å². The summed E-state index contributed by atoms with van der Waals surface area (Å²) in [5, 5.41) is 12.9. The number of aliphatic carboxylic acids is 1. The second kappa shape index (κ2) is 6.95. The van der Waals surface area contributed by atoms with Crippen LogP contribution < -0.4 is 10.6 Å². The highest BCUT2D eigenvalue weighted by Crippen LogP contribution is 2.04. The van der Waals surface area contributed by atoms with Crippen LogP contribution in [-0.2, 0) is 9.59 Å². The standard InChI is InChI=1S/C13H14N2O4/c1-2-9-3-5-10(6-4-9)13(19)15-7-11(16)14-8-12(17)18/h2-6H,1,7-8H2,(H,14,16)(H,15,19)(H,17,18). The molecule has 0 saturated heterocycles. The van der Waals surface area contributed by atoms with Gasteiger partial charge in [-0.25, -0.2) is 0 Å². The Kier molecular flexibility index (Phi) is 5.28. The van der Waals surface area contributed by atoms with Gasteiger partial charge in [0, 0.05) is 5.56 Å². The van der Waals surface area contributed by atoms with Crippen LogP contribution >= 0.6 is 0 Å². The number of carbonyl (C=O) groups excluding carboxylic acids is 2. The van der Waals surface area contributed by atoms with Gasteiger partial charge in [-0.1, -0.05) is 24.8 Å². The zero-order valence-corrected chi connectivity index (χ0v) is 10.2. The molecule has 0 aromatic heterocycles. The van der Waals surface area contributed by atoms with Crippen molar-refractivity contribution in [2.45, 2.75) is 0 Å². The van der Waals surface area contributed by atoms with Gasteiger partial charge in [-0.2, -0.15) is 0 Å². The van der Waals surface area contributed by atoms with Crippen molar-refractivity contribution in [1.82, 2.24) is 10.6 Å². The largest absolute Gasteiger partial charge is 0.480 e. The number of hydrogen-bond donors (Lipinski definition) is 3. The molecule has 3 N–H and O–H groups in total. The fraction of sp³-hybridized carbons (Fsp3) is 0.154. The lowest BCUT2D eigenvalue weighted by molar-refractivity contribution is -0.137. The molecule has 0 radical (unpaired) electrons. The predicted octanol–water partition coefficient (Wildman–Crippen LogP) is 0.260. The molecule has 1 aromatic rings. The lowest BCUT2D eigenvalue weighted by Gasteiger charge is -2.05. The number of carbonyl (C=O) groups is 3. The van der Waals surface area contributed by atoms with Crippen LogP contribution in [0.1, 0.15) is 15.9 Å². The van der Waals surface area contributed by atoms with E-state index in [4.69, 9.17) is 5.11 Å². The average molecular weight is 262 g/mol. The van der Waals surface area contributed by atoms with E-state index in [2.05, 4.69) is 17.2 Å². The first kappa shape index (κ1) is 14.4. The van der Waals surface area contributed by atoms with Crippen molar-refractivity contribution in [2.75, 3.05) is 13.1 Å². The molecule has 0 aliphatic carbocycles. The highest BCUT2D eigenvalue weighted by Gasteiger charge is 2.08. The molecule has 6 heteroatoms. The molecule has 0 unspecified atom stereocenters. The number of nitrogens with one attached hydrogen (secondary N) is 2. The van der Waals surface area contributed by atoms with Crippen LogP contribution in [0.5, 0.6) is 0 Å². The normalized spacial score (nSPS) is 9.47. The highest BCUT2D eigenvalue weighted by atomic mass is 16.4. The minimum absolute atomic E-state index is 0.269. The fourth-order valence-electron chi connectivity index (χ4n) is 1.27. The molecule has 0 aliphatic heterocycles. The smallest absolute Gasteiger partial charge is 0.322 e. The summed E-state index contributed by atoms with van der Waals surface area (Å²) < 4.78 is 0. The highest BCUT2D eigenvalue weighted by molar-refractivity contribution is 5.96. The molecule has 0 atom stereocenters. The van der Waals surface area contributed by atoms with E-state index in [-0.39, 0.29) is 6.54 Å². The first-order chi connectivity index (χ1) is 9.02. The number of carboxylic acid groups (broad SMARTS) is 1. The Bertz CT molecular complexity index is 494. The molecule has 6 nitrogen and oxygen atoms in total. The van der Waals surface area contributed by atoms with Crippen molar-refractivity contribution >= 4 is 23.9 Å². The van der Waals surface area contributed by atoms with Crippen LogP contribution in [0.2, 0.25) is 0 Å². The molecule has 0 heterocycles. The van der Waals surface area contributed by atoms with Crippen LogP contribution in [0.3, 0.4) is 0 Å². The van der Waals surface area contributed by atoms with Gasteiger partial charge in [0.15, 0.2) is 0 Å². The van der Waals surface area contributed by atoms with Gasteiger partial charge >= 0.3 is 5.97 Å². The van der Waals surface area contributed by atoms with Crippen LogP contribution in [-0.4, -0.2) is 36.0 Å². The van der Waals surface area contributed by atoms with Crippen LogP contribution in [0.15, 0.2) is 30.8 Å². The molecule has 0 bridgehead atoms. The maximum atomic E-state index is 11.7. The summed E-state index contributed by atoms with van der Waals surface area (Å²) in [7, 11) is 0. The molecule has 19 heavy (non-hydrogen) atoms. The summed E-state index contributed by atoms with van der Waals surface area (Å²) in [6.45, 7) is 2.86. The van der Waals surface area contributed by atoms with Crippen molar-refractivity contribution in [3.8, 4) is 0 Å².